The minimum Gasteiger partial charge on any atom is -0.480 e. The average molecular weight is 228 g/mol. The smallest absolute Gasteiger partial charge is 0.323 e. The molecule has 0 rings (SSSR count). The molecule has 1 atom stereocenters. The van der Waals surface area contributed by atoms with E-state index < -0.39 is 18.0 Å². The van der Waals surface area contributed by atoms with E-state index in [4.69, 9.17) is 16.3 Å². The molecule has 1 unspecified atom stereocenters. The minimum atomic E-state index is -1.08. The number of ether oxygens (including phenoxy) is 1. The van der Waals surface area contributed by atoms with Crippen molar-refractivity contribution in [2.45, 2.75) is 13.0 Å². The molecule has 6 heteroatoms. The van der Waals surface area contributed by atoms with Crippen LogP contribution in [0.15, 0.2) is 0 Å². The summed E-state index contributed by atoms with van der Waals surface area (Å²) in [5.41, 5.74) is 0. The number of methoxy groups -OCH3 is 1. The van der Waals surface area contributed by atoms with Crippen LogP contribution < -0.4 is 5.32 Å². The minimum absolute atomic E-state index is 0.200. The first kappa shape index (κ1) is 14.3. The quantitative estimate of drug-likeness (QED) is 0.614. The van der Waals surface area contributed by atoms with Gasteiger partial charge in [-0.15, -0.1) is 6.42 Å². The Morgan fingerprint density at radius 1 is 1.62 bits per heavy atom. The van der Waals surface area contributed by atoms with Crippen LogP contribution in [0.5, 0.6) is 0 Å². The summed E-state index contributed by atoms with van der Waals surface area (Å²) in [6.07, 6.45) is 5.10. The van der Waals surface area contributed by atoms with Gasteiger partial charge in [0.1, 0.15) is 6.54 Å². The molecule has 0 saturated carbocycles. The molecule has 0 aromatic rings. The van der Waals surface area contributed by atoms with Crippen molar-refractivity contribution in [1.29, 1.82) is 0 Å². The van der Waals surface area contributed by atoms with Crippen LogP contribution in [0.1, 0.15) is 6.92 Å². The zero-order valence-corrected chi connectivity index (χ0v) is 9.40. The average Bonchev–Trinajstić information content (AvgIpc) is 2.23. The van der Waals surface area contributed by atoms with E-state index in [9.17, 15) is 9.59 Å². The highest BCUT2D eigenvalue weighted by atomic mass is 16.5. The summed E-state index contributed by atoms with van der Waals surface area (Å²) in [6.45, 7) is 1.72. The number of aliphatic carboxylic acids is 1. The second-order valence-corrected chi connectivity index (χ2v) is 3.15. The third-order valence-electron chi connectivity index (χ3n) is 1.77. The van der Waals surface area contributed by atoms with Crippen LogP contribution in [0.4, 0.5) is 4.79 Å². The van der Waals surface area contributed by atoms with Gasteiger partial charge in [-0.1, -0.05) is 5.92 Å². The predicted molar refractivity (Wildman–Crippen MR) is 57.9 cm³/mol. The summed E-state index contributed by atoms with van der Waals surface area (Å²) < 4.78 is 4.78. The van der Waals surface area contributed by atoms with Gasteiger partial charge in [0, 0.05) is 13.7 Å². The van der Waals surface area contributed by atoms with Gasteiger partial charge >= 0.3 is 12.0 Å². The summed E-state index contributed by atoms with van der Waals surface area (Å²) >= 11 is 0. The molecule has 0 aromatic heterocycles. The summed E-state index contributed by atoms with van der Waals surface area (Å²) in [6, 6.07) is -0.948. The van der Waals surface area contributed by atoms with E-state index in [-0.39, 0.29) is 19.7 Å². The summed E-state index contributed by atoms with van der Waals surface area (Å²) in [4.78, 5) is 23.2. The lowest BCUT2D eigenvalue weighted by molar-refractivity contribution is -0.137. The molecule has 6 nitrogen and oxygen atoms in total. The van der Waals surface area contributed by atoms with E-state index in [1.165, 1.54) is 7.11 Å². The van der Waals surface area contributed by atoms with Gasteiger partial charge in [0.25, 0.3) is 0 Å². The Bertz CT molecular complexity index is 285. The molecule has 0 radical (unpaired) electrons. The second-order valence-electron chi connectivity index (χ2n) is 3.15. The number of carbonyl (C=O) groups excluding carboxylic acids is 1. The van der Waals surface area contributed by atoms with Gasteiger partial charge < -0.3 is 20.1 Å². The molecule has 90 valence electrons. The molecular formula is C10H16N2O4. The van der Waals surface area contributed by atoms with Crippen LogP contribution in [0.25, 0.3) is 0 Å². The Kier molecular flexibility index (Phi) is 6.72. The molecule has 0 saturated heterocycles. The number of nitrogens with zero attached hydrogens (tertiary/aromatic N) is 1. The maximum Gasteiger partial charge on any atom is 0.323 e. The molecule has 16 heavy (non-hydrogen) atoms. The fourth-order valence-corrected chi connectivity index (χ4v) is 0.935. The Morgan fingerprint density at radius 2 is 2.25 bits per heavy atom. The van der Waals surface area contributed by atoms with Crippen LogP contribution in [0, 0.1) is 12.3 Å². The van der Waals surface area contributed by atoms with E-state index in [1.807, 2.05) is 0 Å². The molecule has 0 aliphatic heterocycles. The normalized spacial score (nSPS) is 11.3. The molecule has 2 amide bonds. The summed E-state index contributed by atoms with van der Waals surface area (Å²) in [5, 5.41) is 11.1. The van der Waals surface area contributed by atoms with Crippen LogP contribution in [0.3, 0.4) is 0 Å². The monoisotopic (exact) mass is 228 g/mol. The molecule has 0 aliphatic carbocycles. The fraction of sp³-hybridized carbons (Fsp3) is 0.600. The van der Waals surface area contributed by atoms with Crippen LogP contribution in [0.2, 0.25) is 0 Å². The fourth-order valence-electron chi connectivity index (χ4n) is 0.935. The van der Waals surface area contributed by atoms with Crippen LogP contribution in [-0.4, -0.2) is 54.9 Å². The number of terminal acetylenes is 1. The standard InChI is InChI=1S/C10H16N2O4/c1-4-8(2)11-10(15)12(5-6-16-3)7-9(13)14/h1,8H,5-7H2,2-3H3,(H,11,15)(H,13,14). The van der Waals surface area contributed by atoms with Crippen LogP contribution in [-0.2, 0) is 9.53 Å². The number of amides is 2. The number of carboxylic acid groups (broad SMARTS) is 1. The summed E-state index contributed by atoms with van der Waals surface area (Å²) in [5.74, 6) is 1.24. The molecule has 0 heterocycles. The van der Waals surface area contributed by atoms with Crippen LogP contribution >= 0.6 is 0 Å². The predicted octanol–water partition coefficient (Wildman–Crippen LogP) is -0.249. The Labute approximate surface area is 94.6 Å². The molecule has 0 aromatic carbocycles. The first-order valence-corrected chi connectivity index (χ1v) is 4.73. The first-order chi connectivity index (χ1) is 7.51. The largest absolute Gasteiger partial charge is 0.480 e. The number of nitrogens with one attached hydrogen (secondary N) is 1. The van der Waals surface area contributed by atoms with Crippen molar-refractivity contribution in [1.82, 2.24) is 10.2 Å². The SMILES string of the molecule is C#CC(C)NC(=O)N(CCOC)CC(=O)O. The number of carbonyl (C=O) groups is 2. The van der Waals surface area contributed by atoms with E-state index in [2.05, 4.69) is 11.2 Å². The van der Waals surface area contributed by atoms with Gasteiger partial charge in [-0.05, 0) is 6.92 Å². The third-order valence-corrected chi connectivity index (χ3v) is 1.77. The van der Waals surface area contributed by atoms with Gasteiger partial charge in [-0.2, -0.15) is 0 Å². The lowest BCUT2D eigenvalue weighted by atomic mass is 10.3. The van der Waals surface area contributed by atoms with Gasteiger partial charge in [0.2, 0.25) is 0 Å². The zero-order chi connectivity index (χ0) is 12.6. The van der Waals surface area contributed by atoms with E-state index in [1.54, 1.807) is 6.92 Å². The van der Waals surface area contributed by atoms with Gasteiger partial charge in [0.05, 0.1) is 12.6 Å². The maximum atomic E-state index is 11.6. The van der Waals surface area contributed by atoms with Gasteiger partial charge in [-0.3, -0.25) is 4.79 Å². The number of urea groups is 1. The lowest BCUT2D eigenvalue weighted by Gasteiger charge is -2.21. The Balaban J connectivity index is 4.32. The first-order valence-electron chi connectivity index (χ1n) is 4.73. The molecule has 0 aliphatic rings. The number of hydrogen-bond acceptors (Lipinski definition) is 3. The van der Waals surface area contributed by atoms with E-state index in [0.717, 1.165) is 4.90 Å². The number of carboxylic acids is 1. The van der Waals surface area contributed by atoms with Gasteiger partial charge in [-0.25, -0.2) is 4.79 Å². The maximum absolute atomic E-state index is 11.6. The van der Waals surface area contributed by atoms with Crippen molar-refractivity contribution in [3.8, 4) is 12.3 Å². The highest BCUT2D eigenvalue weighted by Crippen LogP contribution is 1.92. The van der Waals surface area contributed by atoms with Crippen molar-refractivity contribution in [3.63, 3.8) is 0 Å². The molecule has 2 N–H and O–H groups in total. The summed E-state index contributed by atoms with van der Waals surface area (Å²) in [7, 11) is 1.47. The van der Waals surface area contributed by atoms with E-state index >= 15 is 0 Å². The molecular weight excluding hydrogens is 212 g/mol. The Morgan fingerprint density at radius 3 is 2.69 bits per heavy atom. The van der Waals surface area contributed by atoms with Crippen molar-refractivity contribution in [2.24, 2.45) is 0 Å². The van der Waals surface area contributed by atoms with Crippen molar-refractivity contribution >= 4 is 12.0 Å². The number of hydrogen-bond donors (Lipinski definition) is 2. The van der Waals surface area contributed by atoms with Crippen molar-refractivity contribution < 1.29 is 19.4 Å². The lowest BCUT2D eigenvalue weighted by Crippen LogP contribution is -2.46. The zero-order valence-electron chi connectivity index (χ0n) is 9.40. The van der Waals surface area contributed by atoms with Crippen molar-refractivity contribution in [2.75, 3.05) is 26.8 Å². The molecule has 0 spiro atoms. The highest BCUT2D eigenvalue weighted by Gasteiger charge is 2.17. The third kappa shape index (κ3) is 5.88. The number of rotatable bonds is 6. The van der Waals surface area contributed by atoms with Gasteiger partial charge in [0.15, 0.2) is 0 Å². The highest BCUT2D eigenvalue weighted by molar-refractivity contribution is 5.80. The second kappa shape index (κ2) is 7.54. The molecule has 0 fully saturated rings. The van der Waals surface area contributed by atoms with E-state index in [0.29, 0.717) is 0 Å². The Hall–Kier alpha value is -1.74. The van der Waals surface area contributed by atoms with Crippen molar-refractivity contribution in [3.05, 3.63) is 0 Å². The topological polar surface area (TPSA) is 78.9 Å². The molecule has 0 bridgehead atoms.